The van der Waals surface area contributed by atoms with Gasteiger partial charge in [0.25, 0.3) is 0 Å². The highest BCUT2D eigenvalue weighted by atomic mass is 35.5. The molecule has 0 bridgehead atoms. The van der Waals surface area contributed by atoms with Gasteiger partial charge in [-0.15, -0.1) is 0 Å². The molecule has 1 unspecified atom stereocenters. The highest BCUT2D eigenvalue weighted by Crippen LogP contribution is 2.32. The van der Waals surface area contributed by atoms with Crippen LogP contribution in [0.4, 0.5) is 17.6 Å². The summed E-state index contributed by atoms with van der Waals surface area (Å²) in [7, 11) is 0. The summed E-state index contributed by atoms with van der Waals surface area (Å²) in [5, 5.41) is 10.2. The summed E-state index contributed by atoms with van der Waals surface area (Å²) >= 11 is 5.71. The Hall–Kier alpha value is -1.59. The van der Waals surface area contributed by atoms with E-state index in [0.717, 1.165) is 30.3 Å². The van der Waals surface area contributed by atoms with Gasteiger partial charge in [0.1, 0.15) is 11.9 Å². The molecule has 0 aliphatic rings. The standard InChI is InChI=1S/C14H9ClF4O/c15-10-5-6-12(16)11(7-10)13(20)8-1-3-9(4-2-8)14(17,18)19/h1-7,13,20H. The monoisotopic (exact) mass is 304 g/mol. The number of aliphatic hydroxyl groups excluding tert-OH is 1. The van der Waals surface area contributed by atoms with Crippen molar-refractivity contribution in [2.24, 2.45) is 0 Å². The zero-order valence-corrected chi connectivity index (χ0v) is 10.7. The fourth-order valence-electron chi connectivity index (χ4n) is 1.76. The van der Waals surface area contributed by atoms with Gasteiger partial charge in [0.2, 0.25) is 0 Å². The van der Waals surface area contributed by atoms with Gasteiger partial charge in [-0.3, -0.25) is 0 Å². The van der Waals surface area contributed by atoms with E-state index in [1.54, 1.807) is 0 Å². The van der Waals surface area contributed by atoms with Gasteiger partial charge < -0.3 is 5.11 Å². The van der Waals surface area contributed by atoms with Crippen molar-refractivity contribution in [3.05, 3.63) is 70.0 Å². The van der Waals surface area contributed by atoms with Gasteiger partial charge in [0, 0.05) is 10.6 Å². The SMILES string of the molecule is OC(c1ccc(C(F)(F)F)cc1)c1cc(Cl)ccc1F. The Morgan fingerprint density at radius 3 is 2.15 bits per heavy atom. The molecule has 1 N–H and O–H groups in total. The normalized spacial score (nSPS) is 13.3. The third kappa shape index (κ3) is 3.11. The predicted molar refractivity (Wildman–Crippen MR) is 66.9 cm³/mol. The van der Waals surface area contributed by atoms with E-state index < -0.39 is 23.7 Å². The second kappa shape index (κ2) is 5.42. The van der Waals surface area contributed by atoms with Crippen LogP contribution in [-0.4, -0.2) is 5.11 Å². The van der Waals surface area contributed by atoms with Crippen LogP contribution >= 0.6 is 11.6 Å². The number of rotatable bonds is 2. The molecule has 106 valence electrons. The summed E-state index contributed by atoms with van der Waals surface area (Å²) in [6, 6.07) is 7.52. The lowest BCUT2D eigenvalue weighted by Crippen LogP contribution is -2.06. The summed E-state index contributed by atoms with van der Waals surface area (Å²) in [6.07, 6.45) is -5.83. The maximum Gasteiger partial charge on any atom is 0.416 e. The average Bonchev–Trinajstić information content (AvgIpc) is 2.40. The molecule has 0 amide bonds. The van der Waals surface area contributed by atoms with Crippen molar-refractivity contribution in [1.82, 2.24) is 0 Å². The largest absolute Gasteiger partial charge is 0.416 e. The molecule has 20 heavy (non-hydrogen) atoms. The maximum atomic E-state index is 13.6. The van der Waals surface area contributed by atoms with Gasteiger partial charge in [-0.05, 0) is 35.9 Å². The van der Waals surface area contributed by atoms with E-state index in [2.05, 4.69) is 0 Å². The lowest BCUT2D eigenvalue weighted by molar-refractivity contribution is -0.137. The molecule has 0 aromatic heterocycles. The minimum Gasteiger partial charge on any atom is -0.384 e. The number of benzene rings is 2. The molecule has 0 fully saturated rings. The van der Waals surface area contributed by atoms with Crippen LogP contribution in [0.5, 0.6) is 0 Å². The molecule has 2 rings (SSSR count). The third-order valence-electron chi connectivity index (χ3n) is 2.81. The number of halogens is 5. The molecule has 6 heteroatoms. The Kier molecular flexibility index (Phi) is 4.01. The molecule has 0 heterocycles. The Labute approximate surface area is 117 Å². The number of aliphatic hydroxyl groups is 1. The van der Waals surface area contributed by atoms with Crippen LogP contribution < -0.4 is 0 Å². The molecule has 0 aliphatic heterocycles. The van der Waals surface area contributed by atoms with Crippen molar-refractivity contribution in [3.63, 3.8) is 0 Å². The molecule has 1 nitrogen and oxygen atoms in total. The lowest BCUT2D eigenvalue weighted by atomic mass is 10.00. The summed E-state index contributed by atoms with van der Waals surface area (Å²) in [5.41, 5.74) is -0.767. The second-order valence-corrected chi connectivity index (χ2v) is 4.62. The van der Waals surface area contributed by atoms with E-state index >= 15 is 0 Å². The minimum atomic E-state index is -4.45. The van der Waals surface area contributed by atoms with Crippen molar-refractivity contribution in [1.29, 1.82) is 0 Å². The molecule has 0 radical (unpaired) electrons. The summed E-state index contributed by atoms with van der Waals surface area (Å²) in [4.78, 5) is 0. The van der Waals surface area contributed by atoms with E-state index in [4.69, 9.17) is 11.6 Å². The van der Waals surface area contributed by atoms with Crippen molar-refractivity contribution >= 4 is 11.6 Å². The Bertz CT molecular complexity index is 608. The first kappa shape index (κ1) is 14.8. The molecule has 0 spiro atoms. The van der Waals surface area contributed by atoms with Crippen LogP contribution in [0.25, 0.3) is 0 Å². The van der Waals surface area contributed by atoms with Crippen molar-refractivity contribution in [2.45, 2.75) is 12.3 Å². The highest BCUT2D eigenvalue weighted by molar-refractivity contribution is 6.30. The van der Waals surface area contributed by atoms with Crippen LogP contribution in [0.3, 0.4) is 0 Å². The minimum absolute atomic E-state index is 0.0859. The van der Waals surface area contributed by atoms with Crippen LogP contribution in [0.15, 0.2) is 42.5 Å². The van der Waals surface area contributed by atoms with E-state index in [9.17, 15) is 22.7 Å². The zero-order chi connectivity index (χ0) is 14.9. The third-order valence-corrected chi connectivity index (χ3v) is 3.04. The number of hydrogen-bond donors (Lipinski definition) is 1. The topological polar surface area (TPSA) is 20.2 Å². The van der Waals surface area contributed by atoms with Crippen LogP contribution in [0, 0.1) is 5.82 Å². The van der Waals surface area contributed by atoms with Crippen molar-refractivity contribution in [2.75, 3.05) is 0 Å². The van der Waals surface area contributed by atoms with Gasteiger partial charge in [0.05, 0.1) is 5.56 Å². The number of alkyl halides is 3. The van der Waals surface area contributed by atoms with Gasteiger partial charge in [-0.25, -0.2) is 4.39 Å². The molecule has 0 aliphatic carbocycles. The second-order valence-electron chi connectivity index (χ2n) is 4.19. The molecule has 2 aromatic carbocycles. The molecular formula is C14H9ClF4O. The van der Waals surface area contributed by atoms with E-state index in [0.29, 0.717) is 0 Å². The van der Waals surface area contributed by atoms with Gasteiger partial charge in [-0.1, -0.05) is 23.7 Å². The zero-order valence-electron chi connectivity index (χ0n) is 9.96. The van der Waals surface area contributed by atoms with Crippen LogP contribution in [-0.2, 0) is 6.18 Å². The Balaban J connectivity index is 2.34. The summed E-state index contributed by atoms with van der Waals surface area (Å²) < 4.78 is 50.8. The molecule has 0 saturated carbocycles. The predicted octanol–water partition coefficient (Wildman–Crippen LogP) is 4.58. The van der Waals surface area contributed by atoms with Crippen LogP contribution in [0.2, 0.25) is 5.02 Å². The summed E-state index contributed by atoms with van der Waals surface area (Å²) in [6.45, 7) is 0. The van der Waals surface area contributed by atoms with E-state index in [-0.39, 0.29) is 16.1 Å². The quantitative estimate of drug-likeness (QED) is 0.805. The van der Waals surface area contributed by atoms with Gasteiger partial charge >= 0.3 is 6.18 Å². The fourth-order valence-corrected chi connectivity index (χ4v) is 1.94. The molecular weight excluding hydrogens is 296 g/mol. The lowest BCUT2D eigenvalue weighted by Gasteiger charge is -2.14. The first-order valence-corrected chi connectivity index (χ1v) is 5.97. The van der Waals surface area contributed by atoms with E-state index in [1.165, 1.54) is 12.1 Å². The Morgan fingerprint density at radius 2 is 1.60 bits per heavy atom. The Morgan fingerprint density at radius 1 is 1.00 bits per heavy atom. The molecule has 2 aromatic rings. The average molecular weight is 305 g/mol. The smallest absolute Gasteiger partial charge is 0.384 e. The van der Waals surface area contributed by atoms with Crippen molar-refractivity contribution < 1.29 is 22.7 Å². The highest BCUT2D eigenvalue weighted by Gasteiger charge is 2.30. The fraction of sp³-hybridized carbons (Fsp3) is 0.143. The molecule has 1 atom stereocenters. The maximum absolute atomic E-state index is 13.6. The van der Waals surface area contributed by atoms with Crippen molar-refractivity contribution in [3.8, 4) is 0 Å². The number of hydrogen-bond acceptors (Lipinski definition) is 1. The molecule has 0 saturated heterocycles. The first-order chi connectivity index (χ1) is 9.29. The van der Waals surface area contributed by atoms with Gasteiger partial charge in [0.15, 0.2) is 0 Å². The van der Waals surface area contributed by atoms with Gasteiger partial charge in [-0.2, -0.15) is 13.2 Å². The van der Waals surface area contributed by atoms with Crippen LogP contribution in [0.1, 0.15) is 22.8 Å². The summed E-state index contributed by atoms with van der Waals surface area (Å²) in [5.74, 6) is -0.679. The van der Waals surface area contributed by atoms with E-state index in [1.807, 2.05) is 0 Å². The first-order valence-electron chi connectivity index (χ1n) is 5.59.